The number of nitrogens with one attached hydrogen (secondary N) is 1. The zero-order chi connectivity index (χ0) is 29.0. The molecular formula is C23H21F5N4O6S. The molecule has 16 heteroatoms. The third-order valence-corrected chi connectivity index (χ3v) is 6.98. The minimum atomic E-state index is -4.96. The number of halogens is 5. The second-order valence-corrected chi connectivity index (χ2v) is 9.86. The summed E-state index contributed by atoms with van der Waals surface area (Å²) in [6.07, 6.45) is -7.97. The van der Waals surface area contributed by atoms with E-state index < -0.39 is 62.5 Å². The Morgan fingerprint density at radius 1 is 1.21 bits per heavy atom. The third kappa shape index (κ3) is 7.31. The van der Waals surface area contributed by atoms with Crippen molar-refractivity contribution < 1.29 is 49.4 Å². The van der Waals surface area contributed by atoms with Crippen molar-refractivity contribution in [3.63, 3.8) is 0 Å². The molecule has 0 spiro atoms. The topological polar surface area (TPSA) is 139 Å². The average Bonchev–Trinajstić information content (AvgIpc) is 2.87. The van der Waals surface area contributed by atoms with Gasteiger partial charge >= 0.3 is 12.3 Å². The number of amides is 1. The Labute approximate surface area is 219 Å². The number of rotatable bonds is 8. The van der Waals surface area contributed by atoms with Crippen molar-refractivity contribution in [1.29, 1.82) is 5.26 Å². The van der Waals surface area contributed by atoms with Crippen LogP contribution in [0.5, 0.6) is 5.75 Å². The van der Waals surface area contributed by atoms with Crippen molar-refractivity contribution in [3.05, 3.63) is 47.2 Å². The Hall–Kier alpha value is -4.00. The van der Waals surface area contributed by atoms with E-state index in [0.717, 1.165) is 30.3 Å². The molecule has 10 nitrogen and oxygen atoms in total. The number of sulfonamides is 1. The molecule has 0 saturated carbocycles. The third-order valence-electron chi connectivity index (χ3n) is 5.62. The summed E-state index contributed by atoms with van der Waals surface area (Å²) in [7, 11) is -4.41. The van der Waals surface area contributed by atoms with Crippen LogP contribution < -0.4 is 14.4 Å². The molecule has 0 bridgehead atoms. The number of hydrogen-bond acceptors (Lipinski definition) is 9. The van der Waals surface area contributed by atoms with Gasteiger partial charge in [-0.25, -0.2) is 31.7 Å². The van der Waals surface area contributed by atoms with Crippen LogP contribution >= 0.6 is 0 Å². The van der Waals surface area contributed by atoms with Crippen molar-refractivity contribution in [2.45, 2.75) is 37.4 Å². The summed E-state index contributed by atoms with van der Waals surface area (Å²) in [5.74, 6) is -3.50. The Morgan fingerprint density at radius 3 is 2.33 bits per heavy atom. The second-order valence-electron chi connectivity index (χ2n) is 8.18. The van der Waals surface area contributed by atoms with Gasteiger partial charge in [-0.2, -0.15) is 5.26 Å². The predicted octanol–water partition coefficient (Wildman–Crippen LogP) is 3.69. The molecule has 0 unspecified atom stereocenters. The summed E-state index contributed by atoms with van der Waals surface area (Å²) in [6, 6.07) is 6.03. The number of carbonyl (C=O) groups excluding carboxylic acids is 2. The van der Waals surface area contributed by atoms with E-state index in [1.807, 2.05) is 10.8 Å². The number of carbonyl (C=O) groups is 2. The molecule has 2 heterocycles. The lowest BCUT2D eigenvalue weighted by molar-refractivity contribution is -0.274. The maximum absolute atomic E-state index is 13.6. The maximum atomic E-state index is 13.6. The average molecular weight is 577 g/mol. The fraction of sp³-hybridized carbons (Fsp3) is 0.391. The lowest BCUT2D eigenvalue weighted by atomic mass is 9.96. The largest absolute Gasteiger partial charge is 0.573 e. The van der Waals surface area contributed by atoms with E-state index in [9.17, 15) is 45.2 Å². The van der Waals surface area contributed by atoms with Crippen LogP contribution in [0.25, 0.3) is 0 Å². The Bertz CT molecular complexity index is 1370. The summed E-state index contributed by atoms with van der Waals surface area (Å²) in [6.45, 7) is 1.51. The molecule has 39 heavy (non-hydrogen) atoms. The molecule has 2 aromatic rings. The van der Waals surface area contributed by atoms with Gasteiger partial charge < -0.3 is 14.4 Å². The van der Waals surface area contributed by atoms with Crippen molar-refractivity contribution in [2.24, 2.45) is 5.92 Å². The van der Waals surface area contributed by atoms with Gasteiger partial charge in [-0.15, -0.1) is 13.2 Å². The molecule has 3 rings (SSSR count). The van der Waals surface area contributed by atoms with Crippen molar-refractivity contribution >= 4 is 27.7 Å². The molecule has 0 atom stereocenters. The lowest BCUT2D eigenvalue weighted by Gasteiger charge is -2.33. The molecule has 1 aliphatic rings. The quantitative estimate of drug-likeness (QED) is 0.368. The van der Waals surface area contributed by atoms with Gasteiger partial charge in [0.05, 0.1) is 22.6 Å². The fourth-order valence-corrected chi connectivity index (χ4v) is 4.87. The van der Waals surface area contributed by atoms with E-state index in [1.165, 1.54) is 11.8 Å². The minimum Gasteiger partial charge on any atom is -0.462 e. The van der Waals surface area contributed by atoms with Crippen LogP contribution in [-0.4, -0.2) is 51.3 Å². The number of ether oxygens (including phenoxy) is 2. The van der Waals surface area contributed by atoms with E-state index in [2.05, 4.69) is 9.72 Å². The molecule has 1 amide bonds. The Balaban J connectivity index is 1.70. The molecule has 210 valence electrons. The highest BCUT2D eigenvalue weighted by Crippen LogP contribution is 2.31. The van der Waals surface area contributed by atoms with Gasteiger partial charge in [0.2, 0.25) is 5.91 Å². The van der Waals surface area contributed by atoms with Gasteiger partial charge in [0.1, 0.15) is 23.3 Å². The monoisotopic (exact) mass is 576 g/mol. The first-order valence-corrected chi connectivity index (χ1v) is 12.8. The standard InChI is InChI=1S/C23H21F5N4O6S/c1-2-37-22(34)17-11-14(12-29)20(30-18(17)19(24)25)32-9-7-13(8-10-32)21(33)31-39(35,36)16-5-3-15(4-6-16)38-23(26,27)28/h3-6,11,13,19H,2,7-10H2,1H3,(H,31,33). The first-order chi connectivity index (χ1) is 18.3. The number of nitriles is 1. The number of alkyl halides is 5. The van der Waals surface area contributed by atoms with Gasteiger partial charge in [0, 0.05) is 19.0 Å². The molecule has 0 aliphatic carbocycles. The Kier molecular flexibility index (Phi) is 8.95. The first kappa shape index (κ1) is 29.6. The summed E-state index contributed by atoms with van der Waals surface area (Å²) in [5, 5.41) is 9.51. The van der Waals surface area contributed by atoms with E-state index in [0.29, 0.717) is 0 Å². The van der Waals surface area contributed by atoms with Crippen LogP contribution in [0.3, 0.4) is 0 Å². The highest BCUT2D eigenvalue weighted by molar-refractivity contribution is 7.90. The summed E-state index contributed by atoms with van der Waals surface area (Å²) in [5.41, 5.74) is -1.56. The van der Waals surface area contributed by atoms with E-state index in [4.69, 9.17) is 4.74 Å². The smallest absolute Gasteiger partial charge is 0.462 e. The first-order valence-electron chi connectivity index (χ1n) is 11.3. The highest BCUT2D eigenvalue weighted by atomic mass is 32.2. The van der Waals surface area contributed by atoms with Crippen LogP contribution in [0.2, 0.25) is 0 Å². The predicted molar refractivity (Wildman–Crippen MR) is 123 cm³/mol. The molecule has 1 aromatic carbocycles. The fourth-order valence-electron chi connectivity index (χ4n) is 3.83. The lowest BCUT2D eigenvalue weighted by Crippen LogP contribution is -2.43. The van der Waals surface area contributed by atoms with Crippen LogP contribution in [0.4, 0.5) is 27.8 Å². The molecule has 1 fully saturated rings. The number of anilines is 1. The van der Waals surface area contributed by atoms with Gasteiger partial charge in [-0.05, 0) is 50.1 Å². The molecule has 0 radical (unpaired) electrons. The number of aromatic nitrogens is 1. The van der Waals surface area contributed by atoms with E-state index >= 15 is 0 Å². The maximum Gasteiger partial charge on any atom is 0.573 e. The molecule has 1 aromatic heterocycles. The summed E-state index contributed by atoms with van der Waals surface area (Å²) >= 11 is 0. The SMILES string of the molecule is CCOC(=O)c1cc(C#N)c(N2CCC(C(=O)NS(=O)(=O)c3ccc(OC(F)(F)F)cc3)CC2)nc1C(F)F. The van der Waals surface area contributed by atoms with Crippen LogP contribution in [-0.2, 0) is 19.6 Å². The zero-order valence-corrected chi connectivity index (χ0v) is 21.0. The van der Waals surface area contributed by atoms with Crippen LogP contribution in [0.1, 0.15) is 47.8 Å². The normalized spacial score (nSPS) is 14.6. The summed E-state index contributed by atoms with van der Waals surface area (Å²) in [4.78, 5) is 29.5. The number of pyridine rings is 1. The number of benzene rings is 1. The number of esters is 1. The molecular weight excluding hydrogens is 555 g/mol. The number of hydrogen-bond donors (Lipinski definition) is 1. The number of nitrogens with zero attached hydrogens (tertiary/aromatic N) is 3. The second kappa shape index (κ2) is 11.8. The van der Waals surface area contributed by atoms with Crippen molar-refractivity contribution in [3.8, 4) is 11.8 Å². The van der Waals surface area contributed by atoms with Gasteiger partial charge in [-0.3, -0.25) is 4.79 Å². The highest BCUT2D eigenvalue weighted by Gasteiger charge is 2.33. The van der Waals surface area contributed by atoms with Gasteiger partial charge in [-0.1, -0.05) is 0 Å². The van der Waals surface area contributed by atoms with Crippen molar-refractivity contribution in [1.82, 2.24) is 9.71 Å². The Morgan fingerprint density at radius 2 is 1.82 bits per heavy atom. The van der Waals surface area contributed by atoms with E-state index in [1.54, 1.807) is 0 Å². The molecule has 1 aliphatic heterocycles. The molecule has 1 saturated heterocycles. The summed E-state index contributed by atoms with van der Waals surface area (Å²) < 4.78 is 99.5. The van der Waals surface area contributed by atoms with Crippen LogP contribution in [0.15, 0.2) is 35.2 Å². The van der Waals surface area contributed by atoms with Crippen molar-refractivity contribution in [2.75, 3.05) is 24.6 Å². The number of piperidine rings is 1. The molecule has 1 N–H and O–H groups in total. The van der Waals surface area contributed by atoms with Gasteiger partial charge in [0.25, 0.3) is 16.4 Å². The minimum absolute atomic E-state index is 0.0464. The van der Waals surface area contributed by atoms with Gasteiger partial charge in [0.15, 0.2) is 0 Å². The van der Waals surface area contributed by atoms with Crippen LogP contribution in [0, 0.1) is 17.2 Å². The zero-order valence-electron chi connectivity index (χ0n) is 20.2. The van der Waals surface area contributed by atoms with E-state index in [-0.39, 0.29) is 43.9 Å².